The van der Waals surface area contributed by atoms with Crippen molar-refractivity contribution >= 4 is 44.9 Å². The molecular weight excluding hydrogens is 452 g/mol. The average molecular weight is 479 g/mol. The Bertz CT molecular complexity index is 825. The summed E-state index contributed by atoms with van der Waals surface area (Å²) in [7, 11) is 0. The van der Waals surface area contributed by atoms with Crippen LogP contribution in [0.5, 0.6) is 11.5 Å². The summed E-state index contributed by atoms with van der Waals surface area (Å²) in [5, 5.41) is 5.93. The lowest BCUT2D eigenvalue weighted by molar-refractivity contribution is 0.0973. The van der Waals surface area contributed by atoms with Crippen LogP contribution >= 0.6 is 28.1 Å². The zero-order chi connectivity index (χ0) is 21.2. The molecule has 0 aliphatic carbocycles. The van der Waals surface area contributed by atoms with E-state index in [2.05, 4.69) is 47.3 Å². The van der Waals surface area contributed by atoms with Crippen LogP contribution in [0.3, 0.4) is 0 Å². The number of halogens is 1. The van der Waals surface area contributed by atoms with E-state index in [1.165, 1.54) is 0 Å². The van der Waals surface area contributed by atoms with E-state index >= 15 is 0 Å². The Hall–Kier alpha value is -2.12. The van der Waals surface area contributed by atoms with Gasteiger partial charge in [0.1, 0.15) is 11.5 Å². The first-order valence-electron chi connectivity index (χ1n) is 9.66. The van der Waals surface area contributed by atoms with E-state index in [0.29, 0.717) is 30.4 Å². The number of thiocarbonyl (C=S) groups is 1. The van der Waals surface area contributed by atoms with Crippen LogP contribution in [0.15, 0.2) is 46.9 Å². The molecule has 0 saturated heterocycles. The summed E-state index contributed by atoms with van der Waals surface area (Å²) in [5.74, 6) is 1.53. The van der Waals surface area contributed by atoms with E-state index in [0.717, 1.165) is 28.8 Å². The highest BCUT2D eigenvalue weighted by molar-refractivity contribution is 9.10. The quantitative estimate of drug-likeness (QED) is 0.446. The summed E-state index contributed by atoms with van der Waals surface area (Å²) in [5.41, 5.74) is 1.19. The smallest absolute Gasteiger partial charge is 0.261 e. The first-order valence-corrected chi connectivity index (χ1v) is 10.9. The Balaban J connectivity index is 1.98. The number of amides is 1. The van der Waals surface area contributed by atoms with E-state index in [4.69, 9.17) is 21.7 Å². The van der Waals surface area contributed by atoms with E-state index in [1.54, 1.807) is 12.1 Å². The molecule has 7 heteroatoms. The van der Waals surface area contributed by atoms with Crippen LogP contribution in [-0.2, 0) is 0 Å². The van der Waals surface area contributed by atoms with Crippen LogP contribution in [0.4, 0.5) is 5.69 Å². The molecule has 1 amide bonds. The Labute approximate surface area is 186 Å². The summed E-state index contributed by atoms with van der Waals surface area (Å²) in [6, 6.07) is 12.8. The number of carbonyl (C=O) groups is 1. The summed E-state index contributed by atoms with van der Waals surface area (Å²) < 4.78 is 12.2. The monoisotopic (exact) mass is 478 g/mol. The largest absolute Gasteiger partial charge is 0.494 e. The summed E-state index contributed by atoms with van der Waals surface area (Å²) in [6.45, 7) is 7.55. The lowest BCUT2D eigenvalue weighted by Gasteiger charge is -2.14. The van der Waals surface area contributed by atoms with Crippen LogP contribution in [0, 0.1) is 5.92 Å². The molecule has 0 fully saturated rings. The Morgan fingerprint density at radius 1 is 1.10 bits per heavy atom. The molecule has 0 bridgehead atoms. The van der Waals surface area contributed by atoms with Gasteiger partial charge in [-0.2, -0.15) is 0 Å². The fourth-order valence-electron chi connectivity index (χ4n) is 2.40. The minimum atomic E-state index is -0.328. The third-order valence-electron chi connectivity index (χ3n) is 3.95. The van der Waals surface area contributed by atoms with Gasteiger partial charge in [0.15, 0.2) is 5.11 Å². The molecule has 0 aliphatic heterocycles. The zero-order valence-electron chi connectivity index (χ0n) is 17.0. The van der Waals surface area contributed by atoms with Gasteiger partial charge in [-0.1, -0.05) is 36.7 Å². The first-order chi connectivity index (χ1) is 13.9. The molecular formula is C22H27BrN2O3S. The Morgan fingerprint density at radius 2 is 1.83 bits per heavy atom. The van der Waals surface area contributed by atoms with Gasteiger partial charge in [-0.05, 0) is 73.4 Å². The molecule has 0 atom stereocenters. The highest BCUT2D eigenvalue weighted by Crippen LogP contribution is 2.24. The van der Waals surface area contributed by atoms with Gasteiger partial charge in [-0.15, -0.1) is 0 Å². The number of nitrogens with one attached hydrogen (secondary N) is 2. The van der Waals surface area contributed by atoms with Crippen LogP contribution in [0.25, 0.3) is 0 Å². The number of hydrogen-bond acceptors (Lipinski definition) is 4. The first kappa shape index (κ1) is 23.2. The van der Waals surface area contributed by atoms with Gasteiger partial charge >= 0.3 is 0 Å². The topological polar surface area (TPSA) is 59.6 Å². The molecule has 5 nitrogen and oxygen atoms in total. The molecule has 0 spiro atoms. The maximum Gasteiger partial charge on any atom is 0.261 e. The van der Waals surface area contributed by atoms with E-state index in [1.807, 2.05) is 30.3 Å². The maximum absolute atomic E-state index is 12.7. The predicted molar refractivity (Wildman–Crippen MR) is 125 cm³/mol. The van der Waals surface area contributed by atoms with Crippen molar-refractivity contribution in [2.24, 2.45) is 5.92 Å². The van der Waals surface area contributed by atoms with Crippen molar-refractivity contribution < 1.29 is 14.3 Å². The minimum absolute atomic E-state index is 0.213. The Morgan fingerprint density at radius 3 is 2.48 bits per heavy atom. The van der Waals surface area contributed by atoms with E-state index < -0.39 is 0 Å². The second-order valence-corrected chi connectivity index (χ2v) is 8.28. The maximum atomic E-state index is 12.7. The molecule has 2 N–H and O–H groups in total. The van der Waals surface area contributed by atoms with Crippen molar-refractivity contribution in [3.8, 4) is 11.5 Å². The standard InChI is InChI=1S/C22H27BrN2O3S/c1-4-12-27-18-8-6-17(7-9-18)24-22(29)25-21(26)19-14-16(23)5-10-20(19)28-13-11-15(2)3/h5-10,14-15H,4,11-13H2,1-3H3,(H2,24,25,26,29). The molecule has 29 heavy (non-hydrogen) atoms. The minimum Gasteiger partial charge on any atom is -0.494 e. The zero-order valence-corrected chi connectivity index (χ0v) is 19.4. The molecule has 0 aliphatic rings. The lowest BCUT2D eigenvalue weighted by atomic mass is 10.1. The molecule has 156 valence electrons. The second kappa shape index (κ2) is 11.8. The van der Waals surface area contributed by atoms with E-state index in [9.17, 15) is 4.79 Å². The molecule has 0 aromatic heterocycles. The second-order valence-electron chi connectivity index (χ2n) is 6.95. The van der Waals surface area contributed by atoms with Crippen molar-refractivity contribution in [3.05, 3.63) is 52.5 Å². The Kier molecular flexibility index (Phi) is 9.41. The highest BCUT2D eigenvalue weighted by atomic mass is 79.9. The van der Waals surface area contributed by atoms with E-state index in [-0.39, 0.29) is 11.0 Å². The number of carbonyl (C=O) groups excluding carboxylic acids is 1. The molecule has 2 aromatic carbocycles. The highest BCUT2D eigenvalue weighted by Gasteiger charge is 2.15. The fourth-order valence-corrected chi connectivity index (χ4v) is 2.97. The van der Waals surface area contributed by atoms with Crippen LogP contribution < -0.4 is 20.1 Å². The van der Waals surface area contributed by atoms with Crippen molar-refractivity contribution in [2.45, 2.75) is 33.6 Å². The summed E-state index contributed by atoms with van der Waals surface area (Å²) in [4.78, 5) is 12.7. The van der Waals surface area contributed by atoms with Crippen molar-refractivity contribution in [2.75, 3.05) is 18.5 Å². The van der Waals surface area contributed by atoms with Gasteiger partial charge in [0.2, 0.25) is 0 Å². The number of hydrogen-bond donors (Lipinski definition) is 2. The van der Waals surface area contributed by atoms with Crippen molar-refractivity contribution in [1.29, 1.82) is 0 Å². The number of benzene rings is 2. The SMILES string of the molecule is CCCOc1ccc(NC(=S)NC(=O)c2cc(Br)ccc2OCCC(C)C)cc1. The molecule has 2 rings (SSSR count). The number of ether oxygens (including phenoxy) is 2. The lowest BCUT2D eigenvalue weighted by Crippen LogP contribution is -2.34. The number of anilines is 1. The van der Waals surface area contributed by atoms with Gasteiger partial charge in [0.05, 0.1) is 18.8 Å². The fraction of sp³-hybridized carbons (Fsp3) is 0.364. The normalized spacial score (nSPS) is 10.5. The van der Waals surface area contributed by atoms with Crippen molar-refractivity contribution in [3.63, 3.8) is 0 Å². The van der Waals surface area contributed by atoms with Gasteiger partial charge < -0.3 is 14.8 Å². The summed E-state index contributed by atoms with van der Waals surface area (Å²) >= 11 is 8.69. The van der Waals surface area contributed by atoms with Gasteiger partial charge in [-0.3, -0.25) is 10.1 Å². The van der Waals surface area contributed by atoms with Crippen molar-refractivity contribution in [1.82, 2.24) is 5.32 Å². The molecule has 0 radical (unpaired) electrons. The van der Waals surface area contributed by atoms with Crippen LogP contribution in [0.2, 0.25) is 0 Å². The average Bonchev–Trinajstić information content (AvgIpc) is 2.68. The molecule has 0 saturated carbocycles. The third kappa shape index (κ3) is 8.03. The van der Waals surface area contributed by atoms with Crippen LogP contribution in [-0.4, -0.2) is 24.2 Å². The van der Waals surface area contributed by atoms with Gasteiger partial charge in [0.25, 0.3) is 5.91 Å². The third-order valence-corrected chi connectivity index (χ3v) is 4.65. The molecule has 0 heterocycles. The van der Waals surface area contributed by atoms with Crippen LogP contribution in [0.1, 0.15) is 44.0 Å². The molecule has 0 unspecified atom stereocenters. The number of rotatable bonds is 9. The predicted octanol–water partition coefficient (Wildman–Crippen LogP) is 5.79. The summed E-state index contributed by atoms with van der Waals surface area (Å²) in [6.07, 6.45) is 1.87. The van der Waals surface area contributed by atoms with Gasteiger partial charge in [0, 0.05) is 10.2 Å². The van der Waals surface area contributed by atoms with Gasteiger partial charge in [-0.25, -0.2) is 0 Å². The molecule has 2 aromatic rings.